The van der Waals surface area contributed by atoms with Gasteiger partial charge in [0.25, 0.3) is 0 Å². The standard InChI is InChI=1S/C14H24N4O3S/c1-3-17-22(19,20)13-7-9-18(11-13)14(15-2)16-8-6-12-5-4-10-21-12/h4-5,10,13,17H,3,6-9,11H2,1-2H3,(H,15,16). The highest BCUT2D eigenvalue weighted by atomic mass is 32.2. The largest absolute Gasteiger partial charge is 0.469 e. The molecule has 1 atom stereocenters. The highest BCUT2D eigenvalue weighted by Gasteiger charge is 2.33. The first-order valence-electron chi connectivity index (χ1n) is 7.53. The number of hydrogen-bond acceptors (Lipinski definition) is 4. The van der Waals surface area contributed by atoms with E-state index in [0.29, 0.717) is 32.6 Å². The SMILES string of the molecule is CCNS(=O)(=O)C1CCN(C(=NC)NCCc2ccco2)C1. The van der Waals surface area contributed by atoms with Crippen LogP contribution in [0.15, 0.2) is 27.8 Å². The predicted octanol–water partition coefficient (Wildman–Crippen LogP) is 0.411. The molecule has 1 aliphatic heterocycles. The average Bonchev–Trinajstić information content (AvgIpc) is 3.15. The number of likely N-dealkylation sites (tertiary alicyclic amines) is 1. The lowest BCUT2D eigenvalue weighted by molar-refractivity contribution is 0.480. The zero-order valence-electron chi connectivity index (χ0n) is 13.1. The second-order valence-electron chi connectivity index (χ2n) is 5.20. The first-order valence-corrected chi connectivity index (χ1v) is 9.08. The van der Waals surface area contributed by atoms with Gasteiger partial charge >= 0.3 is 0 Å². The van der Waals surface area contributed by atoms with Gasteiger partial charge in [0.2, 0.25) is 10.0 Å². The van der Waals surface area contributed by atoms with Crippen LogP contribution in [0.1, 0.15) is 19.1 Å². The van der Waals surface area contributed by atoms with Crippen molar-refractivity contribution in [3.8, 4) is 0 Å². The molecule has 1 aliphatic rings. The van der Waals surface area contributed by atoms with Gasteiger partial charge in [0.1, 0.15) is 5.76 Å². The van der Waals surface area contributed by atoms with Gasteiger partial charge in [-0.05, 0) is 18.6 Å². The number of guanidine groups is 1. The molecule has 124 valence electrons. The van der Waals surface area contributed by atoms with Crippen molar-refractivity contribution in [2.45, 2.75) is 25.0 Å². The summed E-state index contributed by atoms with van der Waals surface area (Å²) in [6.45, 7) is 4.07. The highest BCUT2D eigenvalue weighted by Crippen LogP contribution is 2.16. The molecule has 2 heterocycles. The molecule has 0 amide bonds. The van der Waals surface area contributed by atoms with Gasteiger partial charge in [0.05, 0.1) is 11.5 Å². The summed E-state index contributed by atoms with van der Waals surface area (Å²) in [7, 11) is -1.52. The van der Waals surface area contributed by atoms with Crippen LogP contribution >= 0.6 is 0 Å². The molecule has 2 rings (SSSR count). The van der Waals surface area contributed by atoms with Gasteiger partial charge in [-0.25, -0.2) is 13.1 Å². The van der Waals surface area contributed by atoms with Crippen molar-refractivity contribution in [1.29, 1.82) is 0 Å². The number of rotatable bonds is 6. The van der Waals surface area contributed by atoms with E-state index in [9.17, 15) is 8.42 Å². The second-order valence-corrected chi connectivity index (χ2v) is 7.25. The summed E-state index contributed by atoms with van der Waals surface area (Å²) >= 11 is 0. The maximum atomic E-state index is 12.0. The average molecular weight is 328 g/mol. The zero-order chi connectivity index (χ0) is 16.0. The fourth-order valence-electron chi connectivity index (χ4n) is 2.58. The molecule has 0 radical (unpaired) electrons. The number of sulfonamides is 1. The van der Waals surface area contributed by atoms with Crippen molar-refractivity contribution in [3.63, 3.8) is 0 Å². The van der Waals surface area contributed by atoms with Crippen LogP contribution < -0.4 is 10.0 Å². The highest BCUT2D eigenvalue weighted by molar-refractivity contribution is 7.90. The Hall–Kier alpha value is -1.54. The number of furan rings is 1. The van der Waals surface area contributed by atoms with Crippen LogP contribution in [0.5, 0.6) is 0 Å². The van der Waals surface area contributed by atoms with Crippen molar-refractivity contribution in [1.82, 2.24) is 14.9 Å². The Labute approximate surface area is 131 Å². The van der Waals surface area contributed by atoms with Gasteiger partial charge in [-0.15, -0.1) is 0 Å². The van der Waals surface area contributed by atoms with Crippen LogP contribution in [0.3, 0.4) is 0 Å². The van der Waals surface area contributed by atoms with Crippen LogP contribution in [0.4, 0.5) is 0 Å². The molecule has 7 nitrogen and oxygen atoms in total. The summed E-state index contributed by atoms with van der Waals surface area (Å²) in [5.41, 5.74) is 0. The summed E-state index contributed by atoms with van der Waals surface area (Å²) in [6, 6.07) is 3.79. The number of nitrogens with zero attached hydrogens (tertiary/aromatic N) is 2. The Balaban J connectivity index is 1.85. The first-order chi connectivity index (χ1) is 10.6. The molecule has 8 heteroatoms. The summed E-state index contributed by atoms with van der Waals surface area (Å²) < 4.78 is 32.0. The maximum absolute atomic E-state index is 12.0. The predicted molar refractivity (Wildman–Crippen MR) is 86.3 cm³/mol. The van der Waals surface area contributed by atoms with Gasteiger partial charge in [0, 0.05) is 39.6 Å². The Kier molecular flexibility index (Phi) is 5.84. The second kappa shape index (κ2) is 7.64. The minimum atomic E-state index is -3.23. The molecule has 1 aromatic rings. The van der Waals surface area contributed by atoms with Crippen LogP contribution in [-0.2, 0) is 16.4 Å². The molecule has 0 saturated carbocycles. The Morgan fingerprint density at radius 1 is 1.55 bits per heavy atom. The number of nitrogens with one attached hydrogen (secondary N) is 2. The fraction of sp³-hybridized carbons (Fsp3) is 0.643. The normalized spacial score (nSPS) is 19.6. The molecule has 1 unspecified atom stereocenters. The molecular formula is C14H24N4O3S. The molecule has 2 N–H and O–H groups in total. The molecule has 0 aromatic carbocycles. The van der Waals surface area contributed by atoms with E-state index in [1.807, 2.05) is 17.0 Å². The summed E-state index contributed by atoms with van der Waals surface area (Å²) in [4.78, 5) is 6.22. The van der Waals surface area contributed by atoms with Gasteiger partial charge < -0.3 is 14.6 Å². The van der Waals surface area contributed by atoms with Crippen molar-refractivity contribution >= 4 is 16.0 Å². The maximum Gasteiger partial charge on any atom is 0.216 e. The minimum Gasteiger partial charge on any atom is -0.469 e. The summed E-state index contributed by atoms with van der Waals surface area (Å²) in [6.07, 6.45) is 3.04. The Morgan fingerprint density at radius 3 is 3.00 bits per heavy atom. The lowest BCUT2D eigenvalue weighted by atomic mass is 10.3. The van der Waals surface area contributed by atoms with Gasteiger partial charge in [-0.1, -0.05) is 6.92 Å². The fourth-order valence-corrected chi connectivity index (χ4v) is 4.01. The number of hydrogen-bond donors (Lipinski definition) is 2. The van der Waals surface area contributed by atoms with Crippen molar-refractivity contribution in [3.05, 3.63) is 24.2 Å². The van der Waals surface area contributed by atoms with Crippen molar-refractivity contribution < 1.29 is 12.8 Å². The van der Waals surface area contributed by atoms with Crippen LogP contribution in [0, 0.1) is 0 Å². The molecule has 0 aliphatic carbocycles. The van der Waals surface area contributed by atoms with Crippen LogP contribution in [0.25, 0.3) is 0 Å². The number of aliphatic imine (C=N–C) groups is 1. The Morgan fingerprint density at radius 2 is 2.36 bits per heavy atom. The third-order valence-electron chi connectivity index (χ3n) is 3.68. The third kappa shape index (κ3) is 4.23. The van der Waals surface area contributed by atoms with Crippen LogP contribution in [-0.4, -0.2) is 57.8 Å². The topological polar surface area (TPSA) is 86.9 Å². The molecule has 1 saturated heterocycles. The van der Waals surface area contributed by atoms with Crippen molar-refractivity contribution in [2.75, 3.05) is 33.2 Å². The molecule has 1 fully saturated rings. The van der Waals surface area contributed by atoms with E-state index in [-0.39, 0.29) is 5.25 Å². The minimum absolute atomic E-state index is 0.379. The van der Waals surface area contributed by atoms with E-state index >= 15 is 0 Å². The molecule has 1 aromatic heterocycles. The quantitative estimate of drug-likeness (QED) is 0.583. The molecule has 0 bridgehead atoms. The van der Waals surface area contributed by atoms with E-state index in [4.69, 9.17) is 4.42 Å². The molecule has 0 spiro atoms. The van der Waals surface area contributed by atoms with E-state index in [0.717, 1.165) is 18.1 Å². The molecular weight excluding hydrogens is 304 g/mol. The van der Waals surface area contributed by atoms with E-state index in [1.54, 1.807) is 20.2 Å². The van der Waals surface area contributed by atoms with Gasteiger partial charge in [-0.3, -0.25) is 4.99 Å². The monoisotopic (exact) mass is 328 g/mol. The van der Waals surface area contributed by atoms with E-state index in [1.165, 1.54) is 0 Å². The van der Waals surface area contributed by atoms with Gasteiger partial charge in [-0.2, -0.15) is 0 Å². The van der Waals surface area contributed by atoms with Crippen molar-refractivity contribution in [2.24, 2.45) is 4.99 Å². The smallest absolute Gasteiger partial charge is 0.216 e. The van der Waals surface area contributed by atoms with Gasteiger partial charge in [0.15, 0.2) is 5.96 Å². The lowest BCUT2D eigenvalue weighted by Gasteiger charge is -2.21. The zero-order valence-corrected chi connectivity index (χ0v) is 13.9. The summed E-state index contributed by atoms with van der Waals surface area (Å²) in [5.74, 6) is 1.65. The lowest BCUT2D eigenvalue weighted by Crippen LogP contribution is -2.43. The van der Waals surface area contributed by atoms with E-state index < -0.39 is 10.0 Å². The first kappa shape index (κ1) is 16.8. The third-order valence-corrected chi connectivity index (χ3v) is 5.63. The summed E-state index contributed by atoms with van der Waals surface area (Å²) in [5, 5.41) is 2.88. The Bertz CT molecular complexity index is 583. The van der Waals surface area contributed by atoms with Crippen LogP contribution in [0.2, 0.25) is 0 Å². The molecule has 22 heavy (non-hydrogen) atoms. The van der Waals surface area contributed by atoms with E-state index in [2.05, 4.69) is 15.0 Å².